The Morgan fingerprint density at radius 2 is 2.14 bits per heavy atom. The van der Waals surface area contributed by atoms with E-state index in [4.69, 9.17) is 20.8 Å². The third-order valence-corrected chi connectivity index (χ3v) is 3.45. The van der Waals surface area contributed by atoms with Crippen LogP contribution in [0.5, 0.6) is 5.75 Å². The third-order valence-electron chi connectivity index (χ3n) is 3.16. The normalized spacial score (nSPS) is 10.8. The van der Waals surface area contributed by atoms with E-state index in [1.54, 1.807) is 18.2 Å². The summed E-state index contributed by atoms with van der Waals surface area (Å²) in [4.78, 5) is 11.7. The van der Waals surface area contributed by atoms with E-state index in [2.05, 4.69) is 13.5 Å². The molecule has 2 rings (SSSR count). The van der Waals surface area contributed by atoms with Crippen LogP contribution in [0.15, 0.2) is 39.6 Å². The summed E-state index contributed by atoms with van der Waals surface area (Å²) in [7, 11) is 0. The van der Waals surface area contributed by atoms with Crippen LogP contribution in [-0.4, -0.2) is 6.61 Å². The SMILES string of the molecule is C=C(C)COc1cc2oc(=O)cc(CCCC)c2cc1Cl. The lowest BCUT2D eigenvalue weighted by Gasteiger charge is -2.10. The molecule has 1 aromatic carbocycles. The zero-order chi connectivity index (χ0) is 15.4. The maximum atomic E-state index is 11.7. The molecular weight excluding hydrogens is 288 g/mol. The number of hydrogen-bond acceptors (Lipinski definition) is 3. The van der Waals surface area contributed by atoms with Gasteiger partial charge in [-0.1, -0.05) is 31.5 Å². The Kier molecular flexibility index (Phi) is 5.07. The highest BCUT2D eigenvalue weighted by molar-refractivity contribution is 6.32. The molecule has 0 aliphatic heterocycles. The highest BCUT2D eigenvalue weighted by atomic mass is 35.5. The molecule has 0 amide bonds. The summed E-state index contributed by atoms with van der Waals surface area (Å²) in [6, 6.07) is 5.03. The van der Waals surface area contributed by atoms with Gasteiger partial charge in [0.25, 0.3) is 0 Å². The van der Waals surface area contributed by atoms with Crippen LogP contribution in [0.2, 0.25) is 5.02 Å². The first-order valence-corrected chi connectivity index (χ1v) is 7.42. The highest BCUT2D eigenvalue weighted by Gasteiger charge is 2.11. The topological polar surface area (TPSA) is 39.4 Å². The molecule has 0 aliphatic carbocycles. The van der Waals surface area contributed by atoms with Gasteiger partial charge in [-0.15, -0.1) is 0 Å². The van der Waals surface area contributed by atoms with Gasteiger partial charge in [0.2, 0.25) is 0 Å². The monoisotopic (exact) mass is 306 g/mol. The number of hydrogen-bond donors (Lipinski definition) is 0. The maximum Gasteiger partial charge on any atom is 0.336 e. The molecular formula is C17H19ClO3. The predicted molar refractivity (Wildman–Crippen MR) is 86.4 cm³/mol. The van der Waals surface area contributed by atoms with E-state index in [-0.39, 0.29) is 5.63 Å². The summed E-state index contributed by atoms with van der Waals surface area (Å²) in [6.07, 6.45) is 2.92. The zero-order valence-corrected chi connectivity index (χ0v) is 13.1. The van der Waals surface area contributed by atoms with Crippen molar-refractivity contribution in [1.29, 1.82) is 0 Å². The van der Waals surface area contributed by atoms with E-state index in [9.17, 15) is 4.79 Å². The quantitative estimate of drug-likeness (QED) is 0.571. The minimum absolute atomic E-state index is 0.346. The Balaban J connectivity index is 2.47. The number of rotatable bonds is 6. The van der Waals surface area contributed by atoms with Crippen molar-refractivity contribution in [2.75, 3.05) is 6.61 Å². The van der Waals surface area contributed by atoms with Gasteiger partial charge in [-0.2, -0.15) is 0 Å². The fourth-order valence-corrected chi connectivity index (χ4v) is 2.33. The van der Waals surface area contributed by atoms with Crippen LogP contribution < -0.4 is 10.4 Å². The minimum Gasteiger partial charge on any atom is -0.488 e. The van der Waals surface area contributed by atoms with Gasteiger partial charge >= 0.3 is 5.63 Å². The predicted octanol–water partition coefficient (Wildman–Crippen LogP) is 4.74. The van der Waals surface area contributed by atoms with Crippen molar-refractivity contribution in [2.24, 2.45) is 0 Å². The number of ether oxygens (including phenoxy) is 1. The molecule has 0 bridgehead atoms. The van der Waals surface area contributed by atoms with E-state index in [1.165, 1.54) is 0 Å². The molecule has 0 N–H and O–H groups in total. The van der Waals surface area contributed by atoms with Gasteiger partial charge in [0, 0.05) is 17.5 Å². The second-order valence-corrected chi connectivity index (χ2v) is 5.63. The van der Waals surface area contributed by atoms with Gasteiger partial charge in [-0.3, -0.25) is 0 Å². The second kappa shape index (κ2) is 6.81. The van der Waals surface area contributed by atoms with Crippen molar-refractivity contribution in [3.05, 3.63) is 51.4 Å². The van der Waals surface area contributed by atoms with Crippen molar-refractivity contribution in [2.45, 2.75) is 33.1 Å². The van der Waals surface area contributed by atoms with Gasteiger partial charge in [-0.05, 0) is 37.0 Å². The van der Waals surface area contributed by atoms with Gasteiger partial charge in [0.1, 0.15) is 17.9 Å². The van der Waals surface area contributed by atoms with Crippen molar-refractivity contribution in [1.82, 2.24) is 0 Å². The van der Waals surface area contributed by atoms with Gasteiger partial charge in [0.05, 0.1) is 5.02 Å². The molecule has 3 nitrogen and oxygen atoms in total. The van der Waals surface area contributed by atoms with Crippen LogP contribution >= 0.6 is 11.6 Å². The smallest absolute Gasteiger partial charge is 0.336 e. The molecule has 0 saturated carbocycles. The van der Waals surface area contributed by atoms with Crippen LogP contribution in [0.25, 0.3) is 11.0 Å². The van der Waals surface area contributed by atoms with Crippen molar-refractivity contribution < 1.29 is 9.15 Å². The van der Waals surface area contributed by atoms with Crippen LogP contribution in [0.3, 0.4) is 0 Å². The molecule has 0 atom stereocenters. The number of benzene rings is 1. The van der Waals surface area contributed by atoms with Gasteiger partial charge < -0.3 is 9.15 Å². The number of fused-ring (bicyclic) bond motifs is 1. The molecule has 2 aromatic rings. The molecule has 0 unspecified atom stereocenters. The van der Waals surface area contributed by atoms with Crippen molar-refractivity contribution in [3.63, 3.8) is 0 Å². The standard InChI is InChI=1S/C17H19ClO3/c1-4-5-6-12-7-17(19)21-15-9-16(20-10-11(2)3)14(18)8-13(12)15/h7-9H,2,4-6,10H2,1,3H3. The summed E-state index contributed by atoms with van der Waals surface area (Å²) in [5, 5.41) is 1.38. The lowest BCUT2D eigenvalue weighted by molar-refractivity contribution is 0.352. The molecule has 0 saturated heterocycles. The second-order valence-electron chi connectivity index (χ2n) is 5.22. The average Bonchev–Trinajstić information content (AvgIpc) is 2.43. The maximum absolute atomic E-state index is 11.7. The molecule has 112 valence electrons. The molecule has 0 spiro atoms. The van der Waals surface area contributed by atoms with Gasteiger partial charge in [0.15, 0.2) is 0 Å². The summed E-state index contributed by atoms with van der Waals surface area (Å²) >= 11 is 6.26. The fraction of sp³-hybridized carbons (Fsp3) is 0.353. The Bertz CT molecular complexity index is 716. The molecule has 1 aromatic heterocycles. The zero-order valence-electron chi connectivity index (χ0n) is 12.4. The number of halogens is 1. The fourth-order valence-electron chi connectivity index (χ4n) is 2.11. The molecule has 0 fully saturated rings. The van der Waals surface area contributed by atoms with Crippen LogP contribution in [0.4, 0.5) is 0 Å². The average molecular weight is 307 g/mol. The van der Waals surface area contributed by atoms with Crippen LogP contribution in [0, 0.1) is 0 Å². The first-order valence-electron chi connectivity index (χ1n) is 7.04. The first kappa shape index (κ1) is 15.6. The minimum atomic E-state index is -0.346. The lowest BCUT2D eigenvalue weighted by atomic mass is 10.0. The summed E-state index contributed by atoms with van der Waals surface area (Å²) in [6.45, 7) is 8.15. The molecule has 4 heteroatoms. The van der Waals surface area contributed by atoms with E-state index in [0.717, 1.165) is 35.8 Å². The summed E-state index contributed by atoms with van der Waals surface area (Å²) in [5.74, 6) is 0.503. The third kappa shape index (κ3) is 3.88. The first-order chi connectivity index (χ1) is 10.0. The highest BCUT2D eigenvalue weighted by Crippen LogP contribution is 2.31. The van der Waals surface area contributed by atoms with Crippen molar-refractivity contribution in [3.8, 4) is 5.75 Å². The Hall–Kier alpha value is -1.74. The summed E-state index contributed by atoms with van der Waals surface area (Å²) < 4.78 is 10.8. The van der Waals surface area contributed by atoms with Gasteiger partial charge in [-0.25, -0.2) is 4.79 Å². The van der Waals surface area contributed by atoms with E-state index in [0.29, 0.717) is 23.0 Å². The number of aryl methyl sites for hydroxylation is 1. The molecule has 1 heterocycles. The molecule has 0 radical (unpaired) electrons. The Morgan fingerprint density at radius 3 is 2.81 bits per heavy atom. The Labute approximate surface area is 129 Å². The van der Waals surface area contributed by atoms with Crippen LogP contribution in [-0.2, 0) is 6.42 Å². The van der Waals surface area contributed by atoms with E-state index >= 15 is 0 Å². The molecule has 0 aliphatic rings. The van der Waals surface area contributed by atoms with E-state index < -0.39 is 0 Å². The number of unbranched alkanes of at least 4 members (excludes halogenated alkanes) is 1. The Morgan fingerprint density at radius 1 is 1.38 bits per heavy atom. The summed E-state index contributed by atoms with van der Waals surface area (Å²) in [5.41, 5.74) is 2.03. The lowest BCUT2D eigenvalue weighted by Crippen LogP contribution is -2.02. The molecule has 21 heavy (non-hydrogen) atoms. The largest absolute Gasteiger partial charge is 0.488 e. The van der Waals surface area contributed by atoms with E-state index in [1.807, 2.05) is 6.92 Å². The van der Waals surface area contributed by atoms with Crippen molar-refractivity contribution >= 4 is 22.6 Å². The van der Waals surface area contributed by atoms with Crippen LogP contribution in [0.1, 0.15) is 32.3 Å².